The molecule has 1 aromatic heterocycles. The largest absolute Gasteiger partial charge is 0.497 e. The predicted octanol–water partition coefficient (Wildman–Crippen LogP) is 2.45. The van der Waals surface area contributed by atoms with Crippen LogP contribution in [0.3, 0.4) is 0 Å². The van der Waals surface area contributed by atoms with Gasteiger partial charge in [0.25, 0.3) is 5.91 Å². The predicted molar refractivity (Wildman–Crippen MR) is 99.0 cm³/mol. The van der Waals surface area contributed by atoms with Gasteiger partial charge in [0.05, 0.1) is 12.7 Å². The summed E-state index contributed by atoms with van der Waals surface area (Å²) >= 11 is 0. The van der Waals surface area contributed by atoms with Gasteiger partial charge in [-0.2, -0.15) is 0 Å². The molecule has 1 unspecified atom stereocenters. The Hall–Kier alpha value is -2.89. The van der Waals surface area contributed by atoms with Gasteiger partial charge in [0, 0.05) is 38.6 Å². The van der Waals surface area contributed by atoms with E-state index in [-0.39, 0.29) is 17.9 Å². The molecule has 1 saturated heterocycles. The number of hydrogen-bond donors (Lipinski definition) is 0. The fraction of sp³-hybridized carbons (Fsp3) is 0.350. The number of hydrogen-bond acceptors (Lipinski definition) is 4. The van der Waals surface area contributed by atoms with Crippen LogP contribution in [0.1, 0.15) is 23.2 Å². The van der Waals surface area contributed by atoms with E-state index >= 15 is 0 Å². The van der Waals surface area contributed by atoms with E-state index in [1.165, 1.54) is 0 Å². The molecule has 6 nitrogen and oxygen atoms in total. The first kappa shape index (κ1) is 17.9. The number of benzene rings is 1. The van der Waals surface area contributed by atoms with Gasteiger partial charge in [0.15, 0.2) is 0 Å². The van der Waals surface area contributed by atoms with Gasteiger partial charge in [-0.25, -0.2) is 0 Å². The van der Waals surface area contributed by atoms with E-state index in [4.69, 9.17) is 4.74 Å². The average Bonchev–Trinajstić information content (AvgIpc) is 3.16. The molecule has 2 heterocycles. The molecule has 2 amide bonds. The molecule has 136 valence electrons. The first-order valence-electron chi connectivity index (χ1n) is 8.63. The van der Waals surface area contributed by atoms with Gasteiger partial charge in [-0.05, 0) is 36.6 Å². The first-order valence-corrected chi connectivity index (χ1v) is 8.63. The molecule has 0 radical (unpaired) electrons. The van der Waals surface area contributed by atoms with E-state index < -0.39 is 0 Å². The van der Waals surface area contributed by atoms with Crippen LogP contribution in [0.4, 0.5) is 0 Å². The Balaban J connectivity index is 1.85. The summed E-state index contributed by atoms with van der Waals surface area (Å²) in [5.41, 5.74) is 2.31. The number of ether oxygens (including phenoxy) is 1. The Labute approximate surface area is 153 Å². The lowest BCUT2D eigenvalue weighted by molar-refractivity contribution is -0.132. The Kier molecular flexibility index (Phi) is 5.21. The standard InChI is InChI=1S/C20H23N3O3/c1-22(2)20(25)18-5-4-10-23(18)19(24)16-11-15(12-21-13-16)14-6-8-17(26-3)9-7-14/h6-9,11-13,18H,4-5,10H2,1-3H3. The second-order valence-electron chi connectivity index (χ2n) is 6.58. The van der Waals surface area contributed by atoms with Crippen LogP contribution in [0.2, 0.25) is 0 Å². The van der Waals surface area contributed by atoms with E-state index in [9.17, 15) is 9.59 Å². The number of aromatic nitrogens is 1. The Morgan fingerprint density at radius 1 is 1.15 bits per heavy atom. The molecule has 0 bridgehead atoms. The molecule has 3 rings (SSSR count). The summed E-state index contributed by atoms with van der Waals surface area (Å²) in [4.78, 5) is 32.7. The van der Waals surface area contributed by atoms with Crippen molar-refractivity contribution in [2.45, 2.75) is 18.9 Å². The second-order valence-corrected chi connectivity index (χ2v) is 6.58. The lowest BCUT2D eigenvalue weighted by atomic mass is 10.1. The van der Waals surface area contributed by atoms with Gasteiger partial charge in [-0.1, -0.05) is 12.1 Å². The number of carbonyl (C=O) groups excluding carboxylic acids is 2. The third-order valence-corrected chi connectivity index (χ3v) is 4.65. The van der Waals surface area contributed by atoms with E-state index in [0.717, 1.165) is 23.3 Å². The molecular weight excluding hydrogens is 330 g/mol. The van der Waals surface area contributed by atoms with Gasteiger partial charge in [0.1, 0.15) is 11.8 Å². The Morgan fingerprint density at radius 2 is 1.88 bits per heavy atom. The van der Waals surface area contributed by atoms with Crippen molar-refractivity contribution in [1.82, 2.24) is 14.8 Å². The maximum atomic E-state index is 13.0. The van der Waals surface area contributed by atoms with Crippen LogP contribution in [0.25, 0.3) is 11.1 Å². The van der Waals surface area contributed by atoms with Crippen molar-refractivity contribution >= 4 is 11.8 Å². The Bertz CT molecular complexity index is 802. The fourth-order valence-electron chi connectivity index (χ4n) is 3.23. The van der Waals surface area contributed by atoms with Gasteiger partial charge in [0.2, 0.25) is 5.91 Å². The SMILES string of the molecule is COc1ccc(-c2cncc(C(=O)N3CCCC3C(=O)N(C)C)c2)cc1. The van der Waals surface area contributed by atoms with Crippen molar-refractivity contribution in [3.63, 3.8) is 0 Å². The highest BCUT2D eigenvalue weighted by molar-refractivity contribution is 5.98. The monoisotopic (exact) mass is 353 g/mol. The molecule has 1 atom stereocenters. The van der Waals surface area contributed by atoms with E-state index in [1.807, 2.05) is 30.3 Å². The molecule has 1 aliphatic heterocycles. The first-order chi connectivity index (χ1) is 12.5. The molecule has 0 aliphatic carbocycles. The van der Waals surface area contributed by atoms with Crippen LogP contribution < -0.4 is 4.74 Å². The molecule has 2 aromatic rings. The number of nitrogens with zero attached hydrogens (tertiary/aromatic N) is 3. The number of likely N-dealkylation sites (N-methyl/N-ethyl adjacent to an activating group) is 1. The van der Waals surface area contributed by atoms with Crippen molar-refractivity contribution in [3.05, 3.63) is 48.3 Å². The van der Waals surface area contributed by atoms with Gasteiger partial charge < -0.3 is 14.5 Å². The lowest BCUT2D eigenvalue weighted by Crippen LogP contribution is -2.45. The quantitative estimate of drug-likeness (QED) is 0.847. The minimum Gasteiger partial charge on any atom is -0.497 e. The van der Waals surface area contributed by atoms with Crippen LogP contribution in [0.15, 0.2) is 42.7 Å². The lowest BCUT2D eigenvalue weighted by Gasteiger charge is -2.26. The zero-order chi connectivity index (χ0) is 18.7. The Morgan fingerprint density at radius 3 is 2.54 bits per heavy atom. The molecule has 1 aromatic carbocycles. The summed E-state index contributed by atoms with van der Waals surface area (Å²) in [7, 11) is 5.06. The van der Waals surface area contributed by atoms with Crippen LogP contribution in [0, 0.1) is 0 Å². The second kappa shape index (κ2) is 7.56. The third kappa shape index (κ3) is 3.54. The summed E-state index contributed by atoms with van der Waals surface area (Å²) in [6.45, 7) is 0.593. The van der Waals surface area contributed by atoms with E-state index in [2.05, 4.69) is 4.98 Å². The highest BCUT2D eigenvalue weighted by atomic mass is 16.5. The highest BCUT2D eigenvalue weighted by Crippen LogP contribution is 2.25. The normalized spacial score (nSPS) is 16.4. The average molecular weight is 353 g/mol. The maximum Gasteiger partial charge on any atom is 0.256 e. The summed E-state index contributed by atoms with van der Waals surface area (Å²) in [6.07, 6.45) is 4.83. The molecule has 0 spiro atoms. The molecule has 6 heteroatoms. The summed E-state index contributed by atoms with van der Waals surface area (Å²) in [5, 5.41) is 0. The van der Waals surface area contributed by atoms with Gasteiger partial charge in [-0.3, -0.25) is 14.6 Å². The van der Waals surface area contributed by atoms with Crippen molar-refractivity contribution in [2.24, 2.45) is 0 Å². The summed E-state index contributed by atoms with van der Waals surface area (Å²) in [5.74, 6) is 0.594. The van der Waals surface area contributed by atoms with Crippen molar-refractivity contribution in [1.29, 1.82) is 0 Å². The van der Waals surface area contributed by atoms with Crippen LogP contribution in [0.5, 0.6) is 5.75 Å². The smallest absolute Gasteiger partial charge is 0.256 e. The molecule has 1 fully saturated rings. The van der Waals surface area contributed by atoms with Crippen molar-refractivity contribution in [3.8, 4) is 16.9 Å². The number of pyridine rings is 1. The van der Waals surface area contributed by atoms with E-state index in [1.54, 1.807) is 43.4 Å². The number of methoxy groups -OCH3 is 1. The molecule has 1 aliphatic rings. The highest BCUT2D eigenvalue weighted by Gasteiger charge is 2.35. The summed E-state index contributed by atoms with van der Waals surface area (Å²) < 4.78 is 5.18. The molecule has 0 N–H and O–H groups in total. The minimum absolute atomic E-state index is 0.0323. The topological polar surface area (TPSA) is 62.7 Å². The van der Waals surface area contributed by atoms with Gasteiger partial charge >= 0.3 is 0 Å². The fourth-order valence-corrected chi connectivity index (χ4v) is 3.23. The number of carbonyl (C=O) groups is 2. The minimum atomic E-state index is -0.387. The van der Waals surface area contributed by atoms with Crippen molar-refractivity contribution < 1.29 is 14.3 Å². The molecule has 26 heavy (non-hydrogen) atoms. The molecule has 0 saturated carbocycles. The number of likely N-dealkylation sites (tertiary alicyclic amines) is 1. The van der Waals surface area contributed by atoms with E-state index in [0.29, 0.717) is 18.5 Å². The zero-order valence-electron chi connectivity index (χ0n) is 15.3. The van der Waals surface area contributed by atoms with Gasteiger partial charge in [-0.15, -0.1) is 0 Å². The zero-order valence-corrected chi connectivity index (χ0v) is 15.3. The van der Waals surface area contributed by atoms with Crippen LogP contribution in [-0.4, -0.2) is 60.4 Å². The van der Waals surface area contributed by atoms with Crippen LogP contribution in [-0.2, 0) is 4.79 Å². The third-order valence-electron chi connectivity index (χ3n) is 4.65. The number of rotatable bonds is 4. The number of amides is 2. The molecular formula is C20H23N3O3. The van der Waals surface area contributed by atoms with Crippen LogP contribution >= 0.6 is 0 Å². The van der Waals surface area contributed by atoms with Crippen molar-refractivity contribution in [2.75, 3.05) is 27.7 Å². The summed E-state index contributed by atoms with van der Waals surface area (Å²) in [6, 6.07) is 9.04. The maximum absolute atomic E-state index is 13.0.